The highest BCUT2D eigenvalue weighted by Crippen LogP contribution is 2.24. The maximum atomic E-state index is 12.8. The van der Waals surface area contributed by atoms with Crippen LogP contribution in [0.5, 0.6) is 0 Å². The van der Waals surface area contributed by atoms with E-state index in [2.05, 4.69) is 22.3 Å². The molecular formula is C21H26N2O3S. The van der Waals surface area contributed by atoms with Crippen molar-refractivity contribution < 1.29 is 13.2 Å². The first-order chi connectivity index (χ1) is 12.8. The van der Waals surface area contributed by atoms with Crippen LogP contribution in [0.25, 0.3) is 0 Å². The molecule has 0 aliphatic carbocycles. The van der Waals surface area contributed by atoms with Gasteiger partial charge in [0.15, 0.2) is 9.84 Å². The quantitative estimate of drug-likeness (QED) is 0.857. The lowest BCUT2D eigenvalue weighted by Crippen LogP contribution is -2.40. The second kappa shape index (κ2) is 8.23. The van der Waals surface area contributed by atoms with Crippen LogP contribution in [0.15, 0.2) is 53.4 Å². The second-order valence-corrected chi connectivity index (χ2v) is 9.31. The number of hydrogen-bond acceptors (Lipinski definition) is 4. The van der Waals surface area contributed by atoms with E-state index >= 15 is 0 Å². The van der Waals surface area contributed by atoms with Gasteiger partial charge in [-0.15, -0.1) is 0 Å². The summed E-state index contributed by atoms with van der Waals surface area (Å²) >= 11 is 0. The fraction of sp³-hybridized carbons (Fsp3) is 0.381. The summed E-state index contributed by atoms with van der Waals surface area (Å²) in [6, 6.07) is 15.1. The van der Waals surface area contributed by atoms with Crippen molar-refractivity contribution >= 4 is 21.4 Å². The molecule has 1 N–H and O–H groups in total. The summed E-state index contributed by atoms with van der Waals surface area (Å²) in [4.78, 5) is 15.3. The highest BCUT2D eigenvalue weighted by atomic mass is 32.2. The predicted octanol–water partition coefficient (Wildman–Crippen LogP) is 3.25. The fourth-order valence-corrected chi connectivity index (χ4v) is 4.10. The Morgan fingerprint density at radius 2 is 1.93 bits per heavy atom. The molecule has 3 rings (SSSR count). The zero-order valence-electron chi connectivity index (χ0n) is 15.8. The number of carbonyl (C=O) groups is 1. The van der Waals surface area contributed by atoms with Crippen molar-refractivity contribution in [2.24, 2.45) is 5.92 Å². The van der Waals surface area contributed by atoms with Crippen LogP contribution >= 0.6 is 0 Å². The number of aryl methyl sites for hydroxylation is 1. The number of rotatable bonds is 5. The van der Waals surface area contributed by atoms with Crippen molar-refractivity contribution in [3.63, 3.8) is 0 Å². The molecule has 2 aromatic carbocycles. The van der Waals surface area contributed by atoms with Crippen LogP contribution in [0, 0.1) is 12.8 Å². The van der Waals surface area contributed by atoms with Gasteiger partial charge in [0, 0.05) is 25.0 Å². The van der Waals surface area contributed by atoms with Crippen LogP contribution in [-0.4, -0.2) is 38.6 Å². The molecule has 1 saturated heterocycles. The highest BCUT2D eigenvalue weighted by Gasteiger charge is 2.26. The Hall–Kier alpha value is -2.18. The Morgan fingerprint density at radius 3 is 2.63 bits per heavy atom. The van der Waals surface area contributed by atoms with Gasteiger partial charge in [-0.25, -0.2) is 8.42 Å². The summed E-state index contributed by atoms with van der Waals surface area (Å²) in [7, 11) is -3.31. The predicted molar refractivity (Wildman–Crippen MR) is 107 cm³/mol. The molecule has 2 aromatic rings. The van der Waals surface area contributed by atoms with Gasteiger partial charge in [0.2, 0.25) is 5.91 Å². The maximum Gasteiger partial charge on any atom is 0.228 e. The minimum Gasteiger partial charge on any atom is -0.326 e. The molecule has 1 aliphatic heterocycles. The standard InChI is InChI=1S/C21H26N2O3S/c1-16-10-11-19(27(2,25)26)13-20(16)22-21(24)18-9-6-12-23(15-18)14-17-7-4-3-5-8-17/h3-5,7-8,10-11,13,18H,6,9,12,14-15H2,1-2H3,(H,22,24). The molecule has 27 heavy (non-hydrogen) atoms. The molecule has 0 radical (unpaired) electrons. The van der Waals surface area contributed by atoms with E-state index in [1.807, 2.05) is 25.1 Å². The highest BCUT2D eigenvalue weighted by molar-refractivity contribution is 7.90. The van der Waals surface area contributed by atoms with Gasteiger partial charge in [0.05, 0.1) is 10.8 Å². The van der Waals surface area contributed by atoms with Gasteiger partial charge in [0.1, 0.15) is 0 Å². The Labute approximate surface area is 161 Å². The third kappa shape index (κ3) is 5.17. The minimum absolute atomic E-state index is 0.0403. The largest absolute Gasteiger partial charge is 0.326 e. The third-order valence-electron chi connectivity index (χ3n) is 5.02. The monoisotopic (exact) mass is 386 g/mol. The van der Waals surface area contributed by atoms with E-state index in [1.165, 1.54) is 11.8 Å². The summed E-state index contributed by atoms with van der Waals surface area (Å²) in [6.45, 7) is 4.41. The molecule has 0 spiro atoms. The van der Waals surface area contributed by atoms with Crippen LogP contribution in [-0.2, 0) is 21.2 Å². The molecule has 1 atom stereocenters. The van der Waals surface area contributed by atoms with E-state index < -0.39 is 9.84 Å². The Morgan fingerprint density at radius 1 is 1.19 bits per heavy atom. The molecule has 0 bridgehead atoms. The smallest absolute Gasteiger partial charge is 0.228 e. The molecule has 5 nitrogen and oxygen atoms in total. The van der Waals surface area contributed by atoms with E-state index in [9.17, 15) is 13.2 Å². The number of anilines is 1. The van der Waals surface area contributed by atoms with Crippen molar-refractivity contribution in [1.29, 1.82) is 0 Å². The number of carbonyl (C=O) groups excluding carboxylic acids is 1. The number of sulfone groups is 1. The van der Waals surface area contributed by atoms with E-state index in [1.54, 1.807) is 18.2 Å². The summed E-state index contributed by atoms with van der Waals surface area (Å²) in [5.74, 6) is -0.134. The molecule has 0 aromatic heterocycles. The zero-order chi connectivity index (χ0) is 19.4. The first kappa shape index (κ1) is 19.6. The molecule has 0 saturated carbocycles. The molecular weight excluding hydrogens is 360 g/mol. The number of hydrogen-bond donors (Lipinski definition) is 1. The van der Waals surface area contributed by atoms with Crippen molar-refractivity contribution in [3.8, 4) is 0 Å². The minimum atomic E-state index is -3.31. The van der Waals surface area contributed by atoms with E-state index in [0.29, 0.717) is 12.2 Å². The molecule has 1 heterocycles. The summed E-state index contributed by atoms with van der Waals surface area (Å²) < 4.78 is 23.6. The Balaban J connectivity index is 1.67. The van der Waals surface area contributed by atoms with Crippen LogP contribution in [0.3, 0.4) is 0 Å². The van der Waals surface area contributed by atoms with Gasteiger partial charge in [-0.1, -0.05) is 36.4 Å². The lowest BCUT2D eigenvalue weighted by atomic mass is 9.96. The van der Waals surface area contributed by atoms with Crippen molar-refractivity contribution in [1.82, 2.24) is 4.90 Å². The average molecular weight is 387 g/mol. The third-order valence-corrected chi connectivity index (χ3v) is 6.13. The Bertz CT molecular complexity index is 910. The van der Waals surface area contributed by atoms with Gasteiger partial charge >= 0.3 is 0 Å². The van der Waals surface area contributed by atoms with Crippen LogP contribution in [0.2, 0.25) is 0 Å². The van der Waals surface area contributed by atoms with Gasteiger partial charge in [0.25, 0.3) is 0 Å². The number of nitrogens with one attached hydrogen (secondary N) is 1. The van der Waals surface area contributed by atoms with Crippen molar-refractivity contribution in [2.45, 2.75) is 31.2 Å². The summed E-state index contributed by atoms with van der Waals surface area (Å²) in [6.07, 6.45) is 3.00. The average Bonchev–Trinajstić information content (AvgIpc) is 2.63. The summed E-state index contributed by atoms with van der Waals surface area (Å²) in [5.41, 5.74) is 2.67. The van der Waals surface area contributed by atoms with Crippen LogP contribution in [0.4, 0.5) is 5.69 Å². The first-order valence-corrected chi connectivity index (χ1v) is 11.1. The second-order valence-electron chi connectivity index (χ2n) is 7.30. The SMILES string of the molecule is Cc1ccc(S(C)(=O)=O)cc1NC(=O)C1CCCN(Cc2ccccc2)C1. The topological polar surface area (TPSA) is 66.5 Å². The zero-order valence-corrected chi connectivity index (χ0v) is 16.6. The van der Waals surface area contributed by atoms with E-state index in [0.717, 1.165) is 31.5 Å². The summed E-state index contributed by atoms with van der Waals surface area (Å²) in [5, 5.41) is 2.95. The van der Waals surface area contributed by atoms with E-state index in [-0.39, 0.29) is 16.7 Å². The van der Waals surface area contributed by atoms with Gasteiger partial charge in [-0.2, -0.15) is 0 Å². The van der Waals surface area contributed by atoms with Crippen LogP contribution < -0.4 is 5.32 Å². The normalized spacial score (nSPS) is 18.2. The fourth-order valence-electron chi connectivity index (χ4n) is 3.46. The van der Waals surface area contributed by atoms with Crippen LogP contribution in [0.1, 0.15) is 24.0 Å². The van der Waals surface area contributed by atoms with Gasteiger partial charge in [-0.05, 0) is 49.6 Å². The van der Waals surface area contributed by atoms with E-state index in [4.69, 9.17) is 0 Å². The van der Waals surface area contributed by atoms with Crippen molar-refractivity contribution in [2.75, 3.05) is 24.7 Å². The first-order valence-electron chi connectivity index (χ1n) is 9.21. The number of amides is 1. The lowest BCUT2D eigenvalue weighted by Gasteiger charge is -2.32. The molecule has 144 valence electrons. The molecule has 6 heteroatoms. The molecule has 1 amide bonds. The maximum absolute atomic E-state index is 12.8. The number of nitrogens with zero attached hydrogens (tertiary/aromatic N) is 1. The van der Waals surface area contributed by atoms with Crippen molar-refractivity contribution in [3.05, 3.63) is 59.7 Å². The molecule has 1 fully saturated rings. The van der Waals surface area contributed by atoms with Gasteiger partial charge in [-0.3, -0.25) is 9.69 Å². The number of benzene rings is 2. The molecule has 1 unspecified atom stereocenters. The molecule has 1 aliphatic rings. The lowest BCUT2D eigenvalue weighted by molar-refractivity contribution is -0.121. The van der Waals surface area contributed by atoms with Gasteiger partial charge < -0.3 is 5.32 Å². The Kier molecular flexibility index (Phi) is 5.97. The number of likely N-dealkylation sites (tertiary alicyclic amines) is 1. The number of piperidine rings is 1.